The monoisotopic (exact) mass is 348 g/mol. The summed E-state index contributed by atoms with van der Waals surface area (Å²) in [6, 6.07) is 7.98. The molecule has 2 amide bonds. The van der Waals surface area contributed by atoms with E-state index in [1.54, 1.807) is 0 Å². The molecule has 0 heterocycles. The topological polar surface area (TPSA) is 58.2 Å². The van der Waals surface area contributed by atoms with Crippen LogP contribution in [-0.2, 0) is 9.59 Å². The number of aryl methyl sites for hydroxylation is 1. The summed E-state index contributed by atoms with van der Waals surface area (Å²) in [5.74, 6) is 1.78. The SMILES string of the molecule is Cc1cccc(NC(=O)CSCC(=O)N[C@H]2CCC[C@@H](C)[C@@H]2C)c1. The lowest BCUT2D eigenvalue weighted by atomic mass is 9.78. The Morgan fingerprint density at radius 3 is 2.67 bits per heavy atom. The van der Waals surface area contributed by atoms with E-state index in [4.69, 9.17) is 0 Å². The molecule has 4 nitrogen and oxygen atoms in total. The molecule has 132 valence electrons. The molecule has 2 N–H and O–H groups in total. The van der Waals surface area contributed by atoms with E-state index in [1.165, 1.54) is 24.6 Å². The Bertz CT molecular complexity index is 576. The van der Waals surface area contributed by atoms with Crippen molar-refractivity contribution in [3.05, 3.63) is 29.8 Å². The summed E-state index contributed by atoms with van der Waals surface area (Å²) in [4.78, 5) is 24.0. The number of hydrogen-bond donors (Lipinski definition) is 2. The number of carbonyl (C=O) groups excluding carboxylic acids is 2. The van der Waals surface area contributed by atoms with Gasteiger partial charge in [-0.2, -0.15) is 0 Å². The number of amides is 2. The lowest BCUT2D eigenvalue weighted by Crippen LogP contribution is -2.44. The van der Waals surface area contributed by atoms with Gasteiger partial charge in [0, 0.05) is 11.7 Å². The van der Waals surface area contributed by atoms with Crippen molar-refractivity contribution in [3.8, 4) is 0 Å². The van der Waals surface area contributed by atoms with Crippen LogP contribution in [0.3, 0.4) is 0 Å². The smallest absolute Gasteiger partial charge is 0.234 e. The Morgan fingerprint density at radius 1 is 1.17 bits per heavy atom. The molecule has 0 aromatic heterocycles. The van der Waals surface area contributed by atoms with Gasteiger partial charge >= 0.3 is 0 Å². The lowest BCUT2D eigenvalue weighted by molar-refractivity contribution is -0.120. The van der Waals surface area contributed by atoms with E-state index in [0.29, 0.717) is 17.6 Å². The molecule has 1 fully saturated rings. The number of hydrogen-bond acceptors (Lipinski definition) is 3. The fourth-order valence-corrected chi connectivity index (χ4v) is 3.82. The predicted molar refractivity (Wildman–Crippen MR) is 101 cm³/mol. The third kappa shape index (κ3) is 5.86. The van der Waals surface area contributed by atoms with E-state index >= 15 is 0 Å². The van der Waals surface area contributed by atoms with Crippen molar-refractivity contribution < 1.29 is 9.59 Å². The first-order valence-electron chi connectivity index (χ1n) is 8.69. The molecule has 0 spiro atoms. The first-order chi connectivity index (χ1) is 11.5. The first-order valence-corrected chi connectivity index (χ1v) is 9.85. The molecule has 2 rings (SSSR count). The first kappa shape index (κ1) is 18.8. The van der Waals surface area contributed by atoms with Crippen molar-refractivity contribution in [1.82, 2.24) is 5.32 Å². The summed E-state index contributed by atoms with van der Waals surface area (Å²) < 4.78 is 0. The molecule has 5 heteroatoms. The van der Waals surface area contributed by atoms with E-state index in [9.17, 15) is 9.59 Å². The Morgan fingerprint density at radius 2 is 1.92 bits per heavy atom. The number of carbonyl (C=O) groups is 2. The number of nitrogens with one attached hydrogen (secondary N) is 2. The summed E-state index contributed by atoms with van der Waals surface area (Å²) in [6.07, 6.45) is 3.50. The molecule has 1 aliphatic carbocycles. The van der Waals surface area contributed by atoms with Gasteiger partial charge in [0.2, 0.25) is 11.8 Å². The van der Waals surface area contributed by atoms with Gasteiger partial charge in [-0.3, -0.25) is 9.59 Å². The van der Waals surface area contributed by atoms with Crippen LogP contribution in [0.25, 0.3) is 0 Å². The van der Waals surface area contributed by atoms with Gasteiger partial charge in [0.25, 0.3) is 0 Å². The minimum atomic E-state index is -0.0712. The lowest BCUT2D eigenvalue weighted by Gasteiger charge is -2.34. The molecule has 1 aromatic carbocycles. The van der Waals surface area contributed by atoms with Crippen molar-refractivity contribution in [2.45, 2.75) is 46.1 Å². The Kier molecular flexibility index (Phi) is 7.16. The van der Waals surface area contributed by atoms with Gasteiger partial charge in [-0.25, -0.2) is 0 Å². The van der Waals surface area contributed by atoms with E-state index in [1.807, 2.05) is 31.2 Å². The highest BCUT2D eigenvalue weighted by atomic mass is 32.2. The quantitative estimate of drug-likeness (QED) is 0.826. The molecule has 0 aliphatic heterocycles. The van der Waals surface area contributed by atoms with Gasteiger partial charge < -0.3 is 10.6 Å². The van der Waals surface area contributed by atoms with Gasteiger partial charge in [0.15, 0.2) is 0 Å². The predicted octanol–water partition coefficient (Wildman–Crippen LogP) is 3.61. The molecule has 1 saturated carbocycles. The highest BCUT2D eigenvalue weighted by Gasteiger charge is 2.27. The van der Waals surface area contributed by atoms with Crippen molar-refractivity contribution in [2.24, 2.45) is 11.8 Å². The average molecular weight is 349 g/mol. The molecule has 0 radical (unpaired) electrons. The maximum absolute atomic E-state index is 12.1. The van der Waals surface area contributed by atoms with Crippen LogP contribution in [-0.4, -0.2) is 29.4 Å². The third-order valence-electron chi connectivity index (χ3n) is 4.82. The normalized spacial score (nSPS) is 23.5. The second kappa shape index (κ2) is 9.11. The summed E-state index contributed by atoms with van der Waals surface area (Å²) in [6.45, 7) is 6.46. The van der Waals surface area contributed by atoms with Crippen LogP contribution in [0.15, 0.2) is 24.3 Å². The zero-order chi connectivity index (χ0) is 17.5. The minimum absolute atomic E-state index is 0.0364. The molecule has 3 atom stereocenters. The van der Waals surface area contributed by atoms with Gasteiger partial charge in [0.1, 0.15) is 0 Å². The van der Waals surface area contributed by atoms with Gasteiger partial charge in [0.05, 0.1) is 11.5 Å². The largest absolute Gasteiger partial charge is 0.352 e. The summed E-state index contributed by atoms with van der Waals surface area (Å²) in [5, 5.41) is 6.00. The van der Waals surface area contributed by atoms with E-state index < -0.39 is 0 Å². The van der Waals surface area contributed by atoms with Gasteiger partial charge in [-0.1, -0.05) is 38.8 Å². The molecule has 1 aliphatic rings. The maximum Gasteiger partial charge on any atom is 0.234 e. The van der Waals surface area contributed by atoms with Crippen LogP contribution < -0.4 is 10.6 Å². The highest BCUT2D eigenvalue weighted by Crippen LogP contribution is 2.29. The van der Waals surface area contributed by atoms with Crippen LogP contribution in [0.2, 0.25) is 0 Å². The second-order valence-electron chi connectivity index (χ2n) is 6.85. The van der Waals surface area contributed by atoms with Gasteiger partial charge in [-0.05, 0) is 42.9 Å². The molecule has 0 bridgehead atoms. The van der Waals surface area contributed by atoms with E-state index in [2.05, 4.69) is 24.5 Å². The van der Waals surface area contributed by atoms with E-state index in [-0.39, 0.29) is 23.6 Å². The number of anilines is 1. The summed E-state index contributed by atoms with van der Waals surface area (Å²) in [7, 11) is 0. The fraction of sp³-hybridized carbons (Fsp3) is 0.579. The Hall–Kier alpha value is -1.49. The average Bonchev–Trinajstić information content (AvgIpc) is 2.52. The maximum atomic E-state index is 12.1. The van der Waals surface area contributed by atoms with Crippen LogP contribution in [0.4, 0.5) is 5.69 Å². The van der Waals surface area contributed by atoms with Crippen molar-refractivity contribution in [3.63, 3.8) is 0 Å². The summed E-state index contributed by atoms with van der Waals surface area (Å²) >= 11 is 1.36. The third-order valence-corrected chi connectivity index (χ3v) is 5.75. The Labute approximate surface area is 149 Å². The van der Waals surface area contributed by atoms with Crippen LogP contribution in [0, 0.1) is 18.8 Å². The van der Waals surface area contributed by atoms with Crippen molar-refractivity contribution >= 4 is 29.3 Å². The molecule has 24 heavy (non-hydrogen) atoms. The van der Waals surface area contributed by atoms with E-state index in [0.717, 1.165) is 17.7 Å². The van der Waals surface area contributed by atoms with Crippen LogP contribution in [0.5, 0.6) is 0 Å². The molecule has 0 unspecified atom stereocenters. The fourth-order valence-electron chi connectivity index (χ4n) is 3.19. The number of rotatable bonds is 6. The van der Waals surface area contributed by atoms with Crippen LogP contribution >= 0.6 is 11.8 Å². The standard InChI is InChI=1S/C19H28N2O2S/c1-13-6-4-8-16(10-13)20-18(22)11-24-12-19(23)21-17-9-5-7-14(2)15(17)3/h4,6,8,10,14-15,17H,5,7,9,11-12H2,1-3H3,(H,20,22)(H,21,23)/t14-,15+,17+/m1/s1. The minimum Gasteiger partial charge on any atom is -0.352 e. The molecule has 1 aromatic rings. The Balaban J connectivity index is 1.67. The summed E-state index contributed by atoms with van der Waals surface area (Å²) in [5.41, 5.74) is 1.91. The van der Waals surface area contributed by atoms with Crippen molar-refractivity contribution in [2.75, 3.05) is 16.8 Å². The molecular weight excluding hydrogens is 320 g/mol. The zero-order valence-electron chi connectivity index (χ0n) is 14.8. The van der Waals surface area contributed by atoms with Gasteiger partial charge in [-0.15, -0.1) is 11.8 Å². The molecule has 0 saturated heterocycles. The number of thioether (sulfide) groups is 1. The zero-order valence-corrected chi connectivity index (χ0v) is 15.6. The van der Waals surface area contributed by atoms with Crippen LogP contribution in [0.1, 0.15) is 38.7 Å². The second-order valence-corrected chi connectivity index (χ2v) is 7.84. The number of benzene rings is 1. The highest BCUT2D eigenvalue weighted by molar-refractivity contribution is 8.00. The molecular formula is C19H28N2O2S. The van der Waals surface area contributed by atoms with Crippen molar-refractivity contribution in [1.29, 1.82) is 0 Å².